The van der Waals surface area contributed by atoms with Crippen molar-refractivity contribution >= 4 is 17.5 Å². The normalized spacial score (nSPS) is 15.3. The third-order valence-electron chi connectivity index (χ3n) is 5.61. The number of carbonyl (C=O) groups excluding carboxylic acids is 1. The van der Waals surface area contributed by atoms with Gasteiger partial charge in [-0.15, -0.1) is 5.10 Å². The van der Waals surface area contributed by atoms with Gasteiger partial charge in [-0.3, -0.25) is 9.69 Å². The van der Waals surface area contributed by atoms with E-state index in [2.05, 4.69) is 20.5 Å². The largest absolute Gasteiger partial charge is 0.497 e. The highest BCUT2D eigenvalue weighted by atomic mass is 35.5. The van der Waals surface area contributed by atoms with E-state index in [0.29, 0.717) is 36.2 Å². The van der Waals surface area contributed by atoms with Gasteiger partial charge in [-0.05, 0) is 42.8 Å². The van der Waals surface area contributed by atoms with Crippen LogP contribution in [0.15, 0.2) is 48.5 Å². The molecule has 2 aromatic carbocycles. The zero-order valence-electron chi connectivity index (χ0n) is 18.1. The Morgan fingerprint density at radius 2 is 1.97 bits per heavy atom. The molecule has 1 amide bonds. The maximum atomic E-state index is 13.0. The second-order valence-electron chi connectivity index (χ2n) is 7.56. The lowest BCUT2D eigenvalue weighted by molar-refractivity contribution is 0.0162. The molecule has 1 saturated heterocycles. The Hall–Kier alpha value is -2.94. The van der Waals surface area contributed by atoms with E-state index >= 15 is 0 Å². The summed E-state index contributed by atoms with van der Waals surface area (Å²) >= 11 is 6.09. The van der Waals surface area contributed by atoms with Gasteiger partial charge in [0, 0.05) is 24.7 Å². The molecule has 1 aliphatic heterocycles. The molecule has 1 aromatic heterocycles. The summed E-state index contributed by atoms with van der Waals surface area (Å²) in [6.45, 7) is 5.21. The smallest absolute Gasteiger partial charge is 0.273 e. The molecule has 1 aliphatic rings. The maximum absolute atomic E-state index is 13.0. The number of benzene rings is 2. The minimum absolute atomic E-state index is 0.0111. The van der Waals surface area contributed by atoms with Crippen molar-refractivity contribution in [3.8, 4) is 11.4 Å². The van der Waals surface area contributed by atoms with Crippen molar-refractivity contribution in [3.63, 3.8) is 0 Å². The summed E-state index contributed by atoms with van der Waals surface area (Å²) in [5.74, 6) is 0.536. The van der Waals surface area contributed by atoms with Crippen LogP contribution in [0.2, 0.25) is 5.02 Å². The van der Waals surface area contributed by atoms with Gasteiger partial charge in [0.05, 0.1) is 37.7 Å². The van der Waals surface area contributed by atoms with Gasteiger partial charge >= 0.3 is 0 Å². The number of hydrogen-bond acceptors (Lipinski definition) is 6. The number of nitrogens with one attached hydrogen (secondary N) is 1. The molecule has 8 nitrogen and oxygen atoms in total. The molecule has 168 valence electrons. The molecule has 1 unspecified atom stereocenters. The first kappa shape index (κ1) is 22.3. The first-order chi connectivity index (χ1) is 15.6. The van der Waals surface area contributed by atoms with Gasteiger partial charge in [0.2, 0.25) is 0 Å². The van der Waals surface area contributed by atoms with Crippen molar-refractivity contribution < 1.29 is 14.3 Å². The van der Waals surface area contributed by atoms with Crippen LogP contribution in [0.5, 0.6) is 5.75 Å². The Morgan fingerprint density at radius 3 is 2.66 bits per heavy atom. The number of halogens is 1. The molecule has 0 radical (unpaired) electrons. The zero-order valence-corrected chi connectivity index (χ0v) is 18.9. The highest BCUT2D eigenvalue weighted by molar-refractivity contribution is 6.30. The monoisotopic (exact) mass is 455 g/mol. The number of methoxy groups -OCH3 is 1. The molecule has 9 heteroatoms. The fraction of sp³-hybridized carbons (Fsp3) is 0.348. The predicted octanol–water partition coefficient (Wildman–Crippen LogP) is 3.04. The lowest BCUT2D eigenvalue weighted by Crippen LogP contribution is -2.44. The van der Waals surface area contributed by atoms with Crippen molar-refractivity contribution in [2.75, 3.05) is 40.0 Å². The topological polar surface area (TPSA) is 81.5 Å². The van der Waals surface area contributed by atoms with Gasteiger partial charge in [0.25, 0.3) is 5.91 Å². The highest BCUT2D eigenvalue weighted by Gasteiger charge is 2.25. The number of rotatable bonds is 7. The molecular formula is C23H26ClN5O3. The second-order valence-corrected chi connectivity index (χ2v) is 8.00. The summed E-state index contributed by atoms with van der Waals surface area (Å²) in [7, 11) is 1.65. The summed E-state index contributed by atoms with van der Waals surface area (Å²) in [6, 6.07) is 15.2. The number of amides is 1. The van der Waals surface area contributed by atoms with E-state index in [0.717, 1.165) is 30.1 Å². The number of hydrogen-bond donors (Lipinski definition) is 1. The Morgan fingerprint density at radius 1 is 1.22 bits per heavy atom. The summed E-state index contributed by atoms with van der Waals surface area (Å²) in [5, 5.41) is 11.9. The standard InChI is InChI=1S/C23H26ClN5O3/c1-16-22(26-27-29(16)19-5-3-4-18(24)14-19)23(30)25-15-21(28-10-12-32-13-11-28)17-6-8-20(31-2)9-7-17/h3-9,14,21H,10-13,15H2,1-2H3,(H,25,30). The van der Waals surface area contributed by atoms with Crippen molar-refractivity contribution in [2.24, 2.45) is 0 Å². The number of aromatic nitrogens is 3. The zero-order chi connectivity index (χ0) is 22.5. The minimum atomic E-state index is -0.262. The highest BCUT2D eigenvalue weighted by Crippen LogP contribution is 2.24. The molecule has 3 aromatic rings. The summed E-state index contributed by atoms with van der Waals surface area (Å²) < 4.78 is 12.4. The lowest BCUT2D eigenvalue weighted by atomic mass is 10.0. The molecule has 0 bridgehead atoms. The quantitative estimate of drug-likeness (QED) is 0.589. The van der Waals surface area contributed by atoms with Crippen LogP contribution in [0.25, 0.3) is 5.69 Å². The molecular weight excluding hydrogens is 430 g/mol. The van der Waals surface area contributed by atoms with Crippen LogP contribution in [0.1, 0.15) is 27.8 Å². The Labute approximate surface area is 192 Å². The molecule has 1 N–H and O–H groups in total. The van der Waals surface area contributed by atoms with Crippen LogP contribution in [-0.4, -0.2) is 65.8 Å². The third kappa shape index (κ3) is 4.93. The van der Waals surface area contributed by atoms with Gasteiger partial charge < -0.3 is 14.8 Å². The molecule has 1 fully saturated rings. The van der Waals surface area contributed by atoms with Crippen molar-refractivity contribution in [1.29, 1.82) is 0 Å². The Balaban J connectivity index is 1.50. The summed E-state index contributed by atoms with van der Waals surface area (Å²) in [4.78, 5) is 15.3. The van der Waals surface area contributed by atoms with Gasteiger partial charge in [0.15, 0.2) is 5.69 Å². The fourth-order valence-electron chi connectivity index (χ4n) is 3.84. The van der Waals surface area contributed by atoms with E-state index in [1.165, 1.54) is 0 Å². The van der Waals surface area contributed by atoms with Crippen molar-refractivity contribution in [3.05, 3.63) is 70.5 Å². The number of carbonyl (C=O) groups is 1. The number of ether oxygens (including phenoxy) is 2. The van der Waals surface area contributed by atoms with Gasteiger partial charge in [-0.1, -0.05) is 35.0 Å². The predicted molar refractivity (Wildman–Crippen MR) is 122 cm³/mol. The first-order valence-corrected chi connectivity index (χ1v) is 10.9. The minimum Gasteiger partial charge on any atom is -0.497 e. The van der Waals surface area contributed by atoms with Crippen LogP contribution in [0.3, 0.4) is 0 Å². The maximum Gasteiger partial charge on any atom is 0.273 e. The molecule has 1 atom stereocenters. The first-order valence-electron chi connectivity index (χ1n) is 10.5. The van der Waals surface area contributed by atoms with Crippen LogP contribution in [0.4, 0.5) is 0 Å². The number of morpholine rings is 1. The van der Waals surface area contributed by atoms with Gasteiger partial charge in [-0.2, -0.15) is 0 Å². The molecule has 2 heterocycles. The Bertz CT molecular complexity index is 1060. The third-order valence-corrected chi connectivity index (χ3v) is 5.84. The second kappa shape index (κ2) is 10.1. The molecule has 0 saturated carbocycles. The summed E-state index contributed by atoms with van der Waals surface area (Å²) in [5.41, 5.74) is 2.80. The summed E-state index contributed by atoms with van der Waals surface area (Å²) in [6.07, 6.45) is 0. The Kier molecular flexibility index (Phi) is 7.04. The van der Waals surface area contributed by atoms with E-state index in [-0.39, 0.29) is 11.9 Å². The van der Waals surface area contributed by atoms with E-state index in [1.807, 2.05) is 43.3 Å². The van der Waals surface area contributed by atoms with Crippen LogP contribution in [0, 0.1) is 6.92 Å². The fourth-order valence-corrected chi connectivity index (χ4v) is 4.02. The van der Waals surface area contributed by atoms with Crippen LogP contribution in [-0.2, 0) is 4.74 Å². The molecule has 4 rings (SSSR count). The average molecular weight is 456 g/mol. The van der Waals surface area contributed by atoms with E-state index in [1.54, 1.807) is 23.9 Å². The van der Waals surface area contributed by atoms with Gasteiger partial charge in [-0.25, -0.2) is 4.68 Å². The lowest BCUT2D eigenvalue weighted by Gasteiger charge is -2.35. The average Bonchev–Trinajstić information content (AvgIpc) is 3.21. The van der Waals surface area contributed by atoms with Crippen molar-refractivity contribution in [2.45, 2.75) is 13.0 Å². The van der Waals surface area contributed by atoms with Crippen LogP contribution >= 0.6 is 11.6 Å². The molecule has 0 aliphatic carbocycles. The SMILES string of the molecule is COc1ccc(C(CNC(=O)c2nnn(-c3cccc(Cl)c3)c2C)N2CCOCC2)cc1. The van der Waals surface area contributed by atoms with E-state index < -0.39 is 0 Å². The van der Waals surface area contributed by atoms with E-state index in [9.17, 15) is 4.79 Å². The van der Waals surface area contributed by atoms with E-state index in [4.69, 9.17) is 21.1 Å². The van der Waals surface area contributed by atoms with Crippen molar-refractivity contribution in [1.82, 2.24) is 25.2 Å². The van der Waals surface area contributed by atoms with Gasteiger partial charge in [0.1, 0.15) is 5.75 Å². The number of nitrogens with zero attached hydrogens (tertiary/aromatic N) is 4. The molecule has 32 heavy (non-hydrogen) atoms. The van der Waals surface area contributed by atoms with Crippen LogP contribution < -0.4 is 10.1 Å². The molecule has 0 spiro atoms.